The van der Waals surface area contributed by atoms with E-state index in [4.69, 9.17) is 5.73 Å². The van der Waals surface area contributed by atoms with E-state index in [1.807, 2.05) is 0 Å². The molecule has 1 fully saturated rings. The van der Waals surface area contributed by atoms with E-state index in [0.29, 0.717) is 12.6 Å². The highest BCUT2D eigenvalue weighted by Gasteiger charge is 2.16. The average Bonchev–Trinajstić information content (AvgIpc) is 2.01. The molecule has 0 aromatic rings. The summed E-state index contributed by atoms with van der Waals surface area (Å²) in [6, 6.07) is 0.441. The zero-order chi connectivity index (χ0) is 8.97. The van der Waals surface area contributed by atoms with E-state index in [1.54, 1.807) is 0 Å². The van der Waals surface area contributed by atoms with Crippen molar-refractivity contribution in [2.24, 2.45) is 5.73 Å². The number of piperidine rings is 1. The van der Waals surface area contributed by atoms with Crippen LogP contribution in [0.15, 0.2) is 0 Å². The third kappa shape index (κ3) is 3.19. The SMILES string of the molecule is CN1CCCC(NCC(N)=O)C1. The number of likely N-dealkylation sites (N-methyl/N-ethyl adjacent to an activating group) is 1. The summed E-state index contributed by atoms with van der Waals surface area (Å²) in [5.74, 6) is -0.275. The van der Waals surface area contributed by atoms with E-state index < -0.39 is 0 Å². The maximum Gasteiger partial charge on any atom is 0.231 e. The minimum Gasteiger partial charge on any atom is -0.369 e. The fraction of sp³-hybridized carbons (Fsp3) is 0.875. The fourth-order valence-electron chi connectivity index (χ4n) is 1.58. The van der Waals surface area contributed by atoms with Crippen molar-refractivity contribution in [3.8, 4) is 0 Å². The number of hydrogen-bond acceptors (Lipinski definition) is 3. The van der Waals surface area contributed by atoms with Gasteiger partial charge in [0, 0.05) is 12.6 Å². The van der Waals surface area contributed by atoms with Gasteiger partial charge >= 0.3 is 0 Å². The Bertz CT molecular complexity index is 160. The van der Waals surface area contributed by atoms with Crippen LogP contribution in [0.2, 0.25) is 0 Å². The molecule has 70 valence electrons. The highest BCUT2D eigenvalue weighted by atomic mass is 16.1. The van der Waals surface area contributed by atoms with Gasteiger partial charge in [0.25, 0.3) is 0 Å². The summed E-state index contributed by atoms with van der Waals surface area (Å²) in [7, 11) is 2.10. The van der Waals surface area contributed by atoms with Gasteiger partial charge in [-0.1, -0.05) is 0 Å². The molecule has 0 bridgehead atoms. The van der Waals surface area contributed by atoms with Crippen LogP contribution < -0.4 is 11.1 Å². The molecule has 1 heterocycles. The second kappa shape index (κ2) is 4.42. The topological polar surface area (TPSA) is 58.4 Å². The van der Waals surface area contributed by atoms with Crippen LogP contribution in [0, 0.1) is 0 Å². The van der Waals surface area contributed by atoms with Crippen LogP contribution in [0.3, 0.4) is 0 Å². The second-order valence-corrected chi connectivity index (χ2v) is 3.45. The lowest BCUT2D eigenvalue weighted by atomic mass is 10.1. The molecule has 4 nitrogen and oxygen atoms in total. The molecule has 12 heavy (non-hydrogen) atoms. The predicted molar refractivity (Wildman–Crippen MR) is 47.7 cm³/mol. The van der Waals surface area contributed by atoms with Gasteiger partial charge < -0.3 is 16.0 Å². The third-order valence-electron chi connectivity index (χ3n) is 2.19. The maximum absolute atomic E-state index is 10.5. The fourth-order valence-corrected chi connectivity index (χ4v) is 1.58. The van der Waals surface area contributed by atoms with Crippen molar-refractivity contribution in [2.45, 2.75) is 18.9 Å². The van der Waals surface area contributed by atoms with Crippen LogP contribution in [0.5, 0.6) is 0 Å². The second-order valence-electron chi connectivity index (χ2n) is 3.45. The first-order valence-electron chi connectivity index (χ1n) is 4.38. The van der Waals surface area contributed by atoms with E-state index in [1.165, 1.54) is 6.42 Å². The Hall–Kier alpha value is -0.610. The van der Waals surface area contributed by atoms with Crippen LogP contribution in [-0.2, 0) is 4.79 Å². The summed E-state index contributed by atoms with van der Waals surface area (Å²) < 4.78 is 0. The van der Waals surface area contributed by atoms with Crippen LogP contribution in [0.4, 0.5) is 0 Å². The number of nitrogens with two attached hydrogens (primary N) is 1. The number of nitrogens with zero attached hydrogens (tertiary/aromatic N) is 1. The number of hydrogen-bond donors (Lipinski definition) is 2. The number of likely N-dealkylation sites (tertiary alicyclic amines) is 1. The van der Waals surface area contributed by atoms with Gasteiger partial charge in [-0.25, -0.2) is 0 Å². The van der Waals surface area contributed by atoms with Gasteiger partial charge in [-0.05, 0) is 26.4 Å². The highest BCUT2D eigenvalue weighted by molar-refractivity contribution is 5.75. The lowest BCUT2D eigenvalue weighted by molar-refractivity contribution is -0.117. The molecule has 0 aromatic carbocycles. The van der Waals surface area contributed by atoms with E-state index in [2.05, 4.69) is 17.3 Å². The number of rotatable bonds is 3. The monoisotopic (exact) mass is 171 g/mol. The molecule has 1 unspecified atom stereocenters. The molecule has 0 saturated carbocycles. The van der Waals surface area contributed by atoms with Crippen LogP contribution in [0.1, 0.15) is 12.8 Å². The van der Waals surface area contributed by atoms with Crippen molar-refractivity contribution in [3.05, 3.63) is 0 Å². The standard InChI is InChI=1S/C8H17N3O/c1-11-4-2-3-7(6-11)10-5-8(9)12/h7,10H,2-6H2,1H3,(H2,9,12). The van der Waals surface area contributed by atoms with Gasteiger partial charge in [0.15, 0.2) is 0 Å². The summed E-state index contributed by atoms with van der Waals surface area (Å²) in [4.78, 5) is 12.7. The molecule has 1 atom stereocenters. The van der Waals surface area contributed by atoms with Crippen molar-refractivity contribution >= 4 is 5.91 Å². The number of carbonyl (C=O) groups is 1. The molecule has 1 aliphatic heterocycles. The molecule has 1 aliphatic rings. The lowest BCUT2D eigenvalue weighted by Crippen LogP contribution is -2.46. The third-order valence-corrected chi connectivity index (χ3v) is 2.19. The van der Waals surface area contributed by atoms with Gasteiger partial charge in [-0.3, -0.25) is 4.79 Å². The number of amides is 1. The molecular formula is C8H17N3O. The van der Waals surface area contributed by atoms with Crippen LogP contribution >= 0.6 is 0 Å². The first-order valence-corrected chi connectivity index (χ1v) is 4.38. The Morgan fingerprint density at radius 3 is 3.08 bits per heavy atom. The molecular weight excluding hydrogens is 154 g/mol. The van der Waals surface area contributed by atoms with Crippen molar-refractivity contribution in [2.75, 3.05) is 26.7 Å². The number of primary amides is 1. The molecule has 1 amide bonds. The largest absolute Gasteiger partial charge is 0.369 e. The smallest absolute Gasteiger partial charge is 0.231 e. The quantitative estimate of drug-likeness (QED) is 0.582. The summed E-state index contributed by atoms with van der Waals surface area (Å²) >= 11 is 0. The van der Waals surface area contributed by atoms with Gasteiger partial charge in [0.2, 0.25) is 5.91 Å². The van der Waals surface area contributed by atoms with E-state index in [9.17, 15) is 4.79 Å². The minimum atomic E-state index is -0.275. The zero-order valence-corrected chi connectivity index (χ0v) is 7.55. The predicted octanol–water partition coefficient (Wildman–Crippen LogP) is -0.844. The van der Waals surface area contributed by atoms with E-state index >= 15 is 0 Å². The zero-order valence-electron chi connectivity index (χ0n) is 7.55. The Morgan fingerprint density at radius 1 is 1.75 bits per heavy atom. The molecule has 1 rings (SSSR count). The van der Waals surface area contributed by atoms with Gasteiger partial charge in [-0.15, -0.1) is 0 Å². The summed E-state index contributed by atoms with van der Waals surface area (Å²) in [5.41, 5.74) is 5.03. The number of nitrogens with one attached hydrogen (secondary N) is 1. The molecule has 0 aromatic heterocycles. The molecule has 1 saturated heterocycles. The summed E-state index contributed by atoms with van der Waals surface area (Å²) in [6.07, 6.45) is 2.35. The normalized spacial score (nSPS) is 25.6. The van der Waals surface area contributed by atoms with Gasteiger partial charge in [0.05, 0.1) is 6.54 Å². The van der Waals surface area contributed by atoms with E-state index in [0.717, 1.165) is 19.5 Å². The van der Waals surface area contributed by atoms with Crippen molar-refractivity contribution in [1.29, 1.82) is 0 Å². The van der Waals surface area contributed by atoms with Gasteiger partial charge in [0.1, 0.15) is 0 Å². The highest BCUT2D eigenvalue weighted by Crippen LogP contribution is 2.06. The van der Waals surface area contributed by atoms with E-state index in [-0.39, 0.29) is 5.91 Å². The Labute approximate surface area is 73.1 Å². The molecule has 3 N–H and O–H groups in total. The van der Waals surface area contributed by atoms with Crippen molar-refractivity contribution < 1.29 is 4.79 Å². The lowest BCUT2D eigenvalue weighted by Gasteiger charge is -2.29. The first-order chi connectivity index (χ1) is 5.68. The van der Waals surface area contributed by atoms with Crippen LogP contribution in [-0.4, -0.2) is 43.5 Å². The van der Waals surface area contributed by atoms with Crippen molar-refractivity contribution in [1.82, 2.24) is 10.2 Å². The van der Waals surface area contributed by atoms with Gasteiger partial charge in [-0.2, -0.15) is 0 Å². The molecule has 0 spiro atoms. The Morgan fingerprint density at radius 2 is 2.50 bits per heavy atom. The minimum absolute atomic E-state index is 0.275. The maximum atomic E-state index is 10.5. The molecule has 4 heteroatoms. The summed E-state index contributed by atoms with van der Waals surface area (Å²) in [5, 5.41) is 3.14. The van der Waals surface area contributed by atoms with Crippen LogP contribution in [0.25, 0.3) is 0 Å². The summed E-state index contributed by atoms with van der Waals surface area (Å²) in [6.45, 7) is 2.49. The Kier molecular flexibility index (Phi) is 3.49. The van der Waals surface area contributed by atoms with Crippen molar-refractivity contribution in [3.63, 3.8) is 0 Å². The average molecular weight is 171 g/mol. The first kappa shape index (κ1) is 9.48. The molecule has 0 aliphatic carbocycles. The molecule has 0 radical (unpaired) electrons. The Balaban J connectivity index is 2.18. The number of carbonyl (C=O) groups excluding carboxylic acids is 1.